The first-order chi connectivity index (χ1) is 14.4. The van der Waals surface area contributed by atoms with E-state index in [1.165, 1.54) is 0 Å². The van der Waals surface area contributed by atoms with Gasteiger partial charge < -0.3 is 27.0 Å². The predicted molar refractivity (Wildman–Crippen MR) is 137 cm³/mol. The molecule has 7 N–H and O–H groups in total. The number of hydrogen-bond acceptors (Lipinski definition) is 5. The molecule has 0 aromatic heterocycles. The number of rotatable bonds is 11. The molecule has 0 radical (unpaired) electrons. The van der Waals surface area contributed by atoms with Crippen molar-refractivity contribution < 1.29 is 15.0 Å². The topological polar surface area (TPSA) is 122 Å². The predicted octanol–water partition coefficient (Wildman–Crippen LogP) is 4.91. The van der Waals surface area contributed by atoms with Gasteiger partial charge in [0, 0.05) is 5.56 Å². The van der Waals surface area contributed by atoms with Gasteiger partial charge >= 0.3 is 0 Å². The molecule has 0 spiro atoms. The van der Waals surface area contributed by atoms with Crippen molar-refractivity contribution in [1.82, 2.24) is 0 Å². The summed E-state index contributed by atoms with van der Waals surface area (Å²) in [5.74, 6) is -0.0634. The van der Waals surface area contributed by atoms with Crippen LogP contribution in [0, 0.1) is 0 Å². The third kappa shape index (κ3) is 8.17. The second kappa shape index (κ2) is 15.0. The first-order valence-corrected chi connectivity index (χ1v) is 10.9. The molecule has 2 aromatic rings. The molecule has 1 amide bonds. The van der Waals surface area contributed by atoms with Gasteiger partial charge in [0.25, 0.3) is 0 Å². The molecule has 0 aliphatic rings. The number of unbranched alkanes of at least 4 members (excludes halogenated alkanes) is 1. The average Bonchev–Trinajstić information content (AvgIpc) is 2.72. The lowest BCUT2D eigenvalue weighted by atomic mass is 9.96. The fourth-order valence-electron chi connectivity index (χ4n) is 3.53. The van der Waals surface area contributed by atoms with Crippen molar-refractivity contribution in [2.24, 2.45) is 11.5 Å². The van der Waals surface area contributed by atoms with E-state index in [0.717, 1.165) is 55.2 Å². The van der Waals surface area contributed by atoms with Gasteiger partial charge in [0.2, 0.25) is 5.91 Å². The quantitative estimate of drug-likeness (QED) is 0.228. The number of halogens is 2. The summed E-state index contributed by atoms with van der Waals surface area (Å²) in [5.41, 5.74) is 15.2. The van der Waals surface area contributed by atoms with Crippen molar-refractivity contribution in [3.63, 3.8) is 0 Å². The zero-order valence-electron chi connectivity index (χ0n) is 18.9. The molecule has 2 rings (SSSR count). The lowest BCUT2D eigenvalue weighted by molar-refractivity contribution is -0.117. The summed E-state index contributed by atoms with van der Waals surface area (Å²) < 4.78 is 0. The standard InChI is InChI=1S/C24H35N3O3.2ClH/c1-3-7-16-13-19(17-10-11-22(28)18(15-17)8-4-2)23(29)21(14-16)27-24(30)20(26)9-5-6-12-25;;/h10-11,13-15,20,28-29H,3-9,12,25-26H2,1-2H3,(H,27,30);2*1H/t20-;;/m0../s1. The summed E-state index contributed by atoms with van der Waals surface area (Å²) >= 11 is 0. The van der Waals surface area contributed by atoms with Crippen LogP contribution >= 0.6 is 24.8 Å². The number of carbonyl (C=O) groups excluding carboxylic acids is 1. The maximum Gasteiger partial charge on any atom is 0.241 e. The minimum absolute atomic E-state index is 0. The number of carbonyl (C=O) groups is 1. The van der Waals surface area contributed by atoms with E-state index < -0.39 is 6.04 Å². The fraction of sp³-hybridized carbons (Fsp3) is 0.458. The highest BCUT2D eigenvalue weighted by Crippen LogP contribution is 2.39. The highest BCUT2D eigenvalue weighted by Gasteiger charge is 2.18. The Kier molecular flexibility index (Phi) is 14.0. The number of anilines is 1. The fourth-order valence-corrected chi connectivity index (χ4v) is 3.53. The molecule has 8 heteroatoms. The van der Waals surface area contributed by atoms with Gasteiger partial charge in [-0.05, 0) is 73.2 Å². The molecular weight excluding hydrogens is 449 g/mol. The first-order valence-electron chi connectivity index (χ1n) is 10.9. The monoisotopic (exact) mass is 485 g/mol. The second-order valence-corrected chi connectivity index (χ2v) is 7.76. The normalized spacial score (nSPS) is 11.2. The largest absolute Gasteiger partial charge is 0.508 e. The van der Waals surface area contributed by atoms with E-state index in [1.807, 2.05) is 12.1 Å². The minimum Gasteiger partial charge on any atom is -0.508 e. The Balaban J connectivity index is 0.00000480. The van der Waals surface area contributed by atoms with Gasteiger partial charge in [0.1, 0.15) is 11.5 Å². The number of phenols is 2. The number of amides is 1. The number of nitrogens with two attached hydrogens (primary N) is 2. The first kappa shape index (κ1) is 30.0. The molecule has 0 bridgehead atoms. The van der Waals surface area contributed by atoms with E-state index in [1.54, 1.807) is 18.2 Å². The third-order valence-corrected chi connectivity index (χ3v) is 5.18. The van der Waals surface area contributed by atoms with Gasteiger partial charge in [-0.1, -0.05) is 39.2 Å². The Bertz CT molecular complexity index is 863. The van der Waals surface area contributed by atoms with Crippen LogP contribution in [0.25, 0.3) is 11.1 Å². The number of aromatic hydroxyl groups is 2. The molecule has 1 atom stereocenters. The van der Waals surface area contributed by atoms with Crippen LogP contribution in [0.4, 0.5) is 5.69 Å². The Labute approximate surface area is 203 Å². The number of benzene rings is 2. The molecule has 6 nitrogen and oxygen atoms in total. The van der Waals surface area contributed by atoms with E-state index in [4.69, 9.17) is 11.5 Å². The molecular formula is C24H37Cl2N3O3. The number of hydrogen-bond donors (Lipinski definition) is 5. The lowest BCUT2D eigenvalue weighted by Crippen LogP contribution is -2.35. The summed E-state index contributed by atoms with van der Waals surface area (Å²) in [5, 5.41) is 23.8. The van der Waals surface area contributed by atoms with Crippen molar-refractivity contribution >= 4 is 36.4 Å². The summed E-state index contributed by atoms with van der Waals surface area (Å²) in [7, 11) is 0. The molecule has 0 unspecified atom stereocenters. The molecule has 180 valence electrons. The zero-order chi connectivity index (χ0) is 22.1. The Morgan fingerprint density at radius 1 is 1.03 bits per heavy atom. The molecule has 0 fully saturated rings. The highest BCUT2D eigenvalue weighted by atomic mass is 35.5. The van der Waals surface area contributed by atoms with Crippen molar-refractivity contribution in [2.45, 2.75) is 64.8 Å². The Morgan fingerprint density at radius 2 is 1.72 bits per heavy atom. The molecule has 32 heavy (non-hydrogen) atoms. The number of nitrogens with one attached hydrogen (secondary N) is 1. The summed E-state index contributed by atoms with van der Waals surface area (Å²) in [4.78, 5) is 12.5. The van der Waals surface area contributed by atoms with Crippen LogP contribution in [0.1, 0.15) is 57.1 Å². The second-order valence-electron chi connectivity index (χ2n) is 7.76. The van der Waals surface area contributed by atoms with Gasteiger partial charge in [0.05, 0.1) is 11.7 Å². The van der Waals surface area contributed by atoms with Gasteiger partial charge in [0.15, 0.2) is 0 Å². The van der Waals surface area contributed by atoms with Crippen LogP contribution < -0.4 is 16.8 Å². The van der Waals surface area contributed by atoms with Crippen LogP contribution in [0.15, 0.2) is 30.3 Å². The van der Waals surface area contributed by atoms with E-state index in [9.17, 15) is 15.0 Å². The maximum atomic E-state index is 12.5. The van der Waals surface area contributed by atoms with E-state index in [-0.39, 0.29) is 42.2 Å². The Morgan fingerprint density at radius 3 is 2.34 bits per heavy atom. The molecule has 0 heterocycles. The highest BCUT2D eigenvalue weighted by molar-refractivity contribution is 5.97. The number of aryl methyl sites for hydroxylation is 2. The van der Waals surface area contributed by atoms with Crippen molar-refractivity contribution in [3.05, 3.63) is 41.5 Å². The summed E-state index contributed by atoms with van der Waals surface area (Å²) in [6, 6.07) is 8.42. The summed E-state index contributed by atoms with van der Waals surface area (Å²) in [6.45, 7) is 4.71. The van der Waals surface area contributed by atoms with Crippen molar-refractivity contribution in [3.8, 4) is 22.6 Å². The van der Waals surface area contributed by atoms with Crippen LogP contribution in [0.2, 0.25) is 0 Å². The molecule has 0 saturated heterocycles. The summed E-state index contributed by atoms with van der Waals surface area (Å²) in [6.07, 6.45) is 5.56. The smallest absolute Gasteiger partial charge is 0.241 e. The number of phenolic OH excluding ortho intramolecular Hbond substituents is 2. The Hall–Kier alpha value is -1.99. The maximum absolute atomic E-state index is 12.5. The van der Waals surface area contributed by atoms with Crippen LogP contribution in [-0.4, -0.2) is 28.7 Å². The van der Waals surface area contributed by atoms with Crippen LogP contribution in [-0.2, 0) is 17.6 Å². The van der Waals surface area contributed by atoms with Crippen LogP contribution in [0.5, 0.6) is 11.5 Å². The van der Waals surface area contributed by atoms with Crippen molar-refractivity contribution in [1.29, 1.82) is 0 Å². The van der Waals surface area contributed by atoms with Gasteiger partial charge in [-0.3, -0.25) is 4.79 Å². The molecule has 0 saturated carbocycles. The van der Waals surface area contributed by atoms with Crippen molar-refractivity contribution in [2.75, 3.05) is 11.9 Å². The SMILES string of the molecule is CCCc1cc(NC(=O)[C@@H](N)CCCCN)c(O)c(-c2ccc(O)c(CCC)c2)c1.Cl.Cl. The molecule has 2 aromatic carbocycles. The van der Waals surface area contributed by atoms with E-state index in [2.05, 4.69) is 19.2 Å². The lowest BCUT2D eigenvalue weighted by Gasteiger charge is -2.17. The van der Waals surface area contributed by atoms with E-state index in [0.29, 0.717) is 24.2 Å². The zero-order valence-corrected chi connectivity index (χ0v) is 20.5. The molecule has 0 aliphatic heterocycles. The van der Waals surface area contributed by atoms with Crippen LogP contribution in [0.3, 0.4) is 0 Å². The average molecular weight is 486 g/mol. The third-order valence-electron chi connectivity index (χ3n) is 5.18. The van der Waals surface area contributed by atoms with Gasteiger partial charge in [-0.2, -0.15) is 0 Å². The van der Waals surface area contributed by atoms with E-state index >= 15 is 0 Å². The van der Waals surface area contributed by atoms with Gasteiger partial charge in [-0.25, -0.2) is 0 Å². The minimum atomic E-state index is -0.654. The van der Waals surface area contributed by atoms with Gasteiger partial charge in [-0.15, -0.1) is 24.8 Å². The molecule has 0 aliphatic carbocycles.